The molecule has 0 spiro atoms. The summed E-state index contributed by atoms with van der Waals surface area (Å²) in [7, 11) is 1.93. The summed E-state index contributed by atoms with van der Waals surface area (Å²) in [6, 6.07) is 20.1. The van der Waals surface area contributed by atoms with Gasteiger partial charge in [-0.15, -0.1) is 0 Å². The van der Waals surface area contributed by atoms with Gasteiger partial charge in [-0.05, 0) is 49.6 Å². The van der Waals surface area contributed by atoms with Gasteiger partial charge in [-0.25, -0.2) is 0 Å². The van der Waals surface area contributed by atoms with Crippen LogP contribution in [-0.4, -0.2) is 48.4 Å². The molecule has 1 amide bonds. The first kappa shape index (κ1) is 22.8. The second kappa shape index (κ2) is 11.5. The highest BCUT2D eigenvalue weighted by molar-refractivity contribution is 5.87. The maximum absolute atomic E-state index is 13.9. The van der Waals surface area contributed by atoms with Gasteiger partial charge in [0.05, 0.1) is 12.0 Å². The van der Waals surface area contributed by atoms with Crippen molar-refractivity contribution in [3.63, 3.8) is 0 Å². The fourth-order valence-electron chi connectivity index (χ4n) is 4.23. The molecule has 3 rings (SSSR count). The Morgan fingerprint density at radius 1 is 1.00 bits per heavy atom. The lowest BCUT2D eigenvalue weighted by molar-refractivity contribution is -0.132. The lowest BCUT2D eigenvalue weighted by atomic mass is 9.89. The van der Waals surface area contributed by atoms with E-state index < -0.39 is 0 Å². The van der Waals surface area contributed by atoms with Gasteiger partial charge in [-0.3, -0.25) is 4.79 Å². The first-order valence-electron chi connectivity index (χ1n) is 11.2. The number of hydrogen-bond acceptors (Lipinski definition) is 2. The van der Waals surface area contributed by atoms with Crippen LogP contribution >= 0.6 is 0 Å². The summed E-state index contributed by atoms with van der Waals surface area (Å²) in [5.41, 5.74) is 2.99. The fourth-order valence-corrected chi connectivity index (χ4v) is 4.23. The number of likely N-dealkylation sites (tertiary alicyclic amines) is 1. The number of nitrogens with zero attached hydrogens (tertiary/aromatic N) is 2. The summed E-state index contributed by atoms with van der Waals surface area (Å²) in [6.45, 7) is 9.32. The van der Waals surface area contributed by atoms with E-state index in [0.717, 1.165) is 36.3 Å². The molecular formula is C28H34N2O. The lowest BCUT2D eigenvalue weighted by Crippen LogP contribution is -2.46. The molecule has 1 fully saturated rings. The van der Waals surface area contributed by atoms with Crippen molar-refractivity contribution in [2.75, 3.05) is 26.7 Å². The molecule has 1 saturated heterocycles. The molecule has 2 aromatic rings. The molecule has 1 aliphatic rings. The van der Waals surface area contributed by atoms with Gasteiger partial charge in [0.25, 0.3) is 0 Å². The number of carbonyl (C=O) groups is 1. The van der Waals surface area contributed by atoms with Gasteiger partial charge in [-0.2, -0.15) is 0 Å². The molecule has 0 N–H and O–H groups in total. The zero-order valence-electron chi connectivity index (χ0n) is 18.8. The Hall–Kier alpha value is -2.91. The second-order valence-electron chi connectivity index (χ2n) is 8.19. The summed E-state index contributed by atoms with van der Waals surface area (Å²) in [5.74, 6) is -0.233. The van der Waals surface area contributed by atoms with Gasteiger partial charge in [0.1, 0.15) is 0 Å². The van der Waals surface area contributed by atoms with Crippen molar-refractivity contribution in [2.24, 2.45) is 0 Å². The monoisotopic (exact) mass is 414 g/mol. The molecular weight excluding hydrogens is 380 g/mol. The standard InChI is InChI=1S/C28H34N2O/c1-4-5-8-15-23(2)26(22-30-20-13-14-21-30)29(3)28(31)27(24-16-9-6-10-17-24)25-18-11-7-12-19-25/h4-12,15-19,26-27H,2,13-14,20-22H2,1,3H3/b5-4-,15-8-/t26-/m1/s1. The van der Waals surface area contributed by atoms with Gasteiger partial charge in [0.15, 0.2) is 0 Å². The van der Waals surface area contributed by atoms with Crippen LogP contribution in [0.15, 0.2) is 97.1 Å². The minimum atomic E-state index is -0.333. The minimum Gasteiger partial charge on any atom is -0.337 e. The van der Waals surface area contributed by atoms with Crippen LogP contribution in [0.1, 0.15) is 36.8 Å². The molecule has 1 atom stereocenters. The molecule has 0 bridgehead atoms. The largest absolute Gasteiger partial charge is 0.337 e. The van der Waals surface area contributed by atoms with Gasteiger partial charge in [-0.1, -0.05) is 91.5 Å². The van der Waals surface area contributed by atoms with E-state index in [2.05, 4.69) is 11.5 Å². The van der Waals surface area contributed by atoms with Crippen molar-refractivity contribution in [2.45, 2.75) is 31.7 Å². The topological polar surface area (TPSA) is 23.6 Å². The molecule has 3 nitrogen and oxygen atoms in total. The fraction of sp³-hybridized carbons (Fsp3) is 0.321. The second-order valence-corrected chi connectivity index (χ2v) is 8.19. The van der Waals surface area contributed by atoms with Crippen molar-refractivity contribution in [1.29, 1.82) is 0 Å². The van der Waals surface area contributed by atoms with Gasteiger partial charge >= 0.3 is 0 Å². The Morgan fingerprint density at radius 2 is 1.55 bits per heavy atom. The number of carbonyl (C=O) groups excluding carboxylic acids is 1. The molecule has 0 radical (unpaired) electrons. The van der Waals surface area contributed by atoms with Crippen LogP contribution in [0.3, 0.4) is 0 Å². The van der Waals surface area contributed by atoms with Crippen molar-refractivity contribution in [3.8, 4) is 0 Å². The van der Waals surface area contributed by atoms with Gasteiger partial charge in [0.2, 0.25) is 5.91 Å². The third kappa shape index (κ3) is 6.05. The first-order valence-corrected chi connectivity index (χ1v) is 11.2. The SMILES string of the molecule is C=C(/C=C\C=C/C)[C@@H](CN1CCCC1)N(C)C(=O)C(c1ccccc1)c1ccccc1. The maximum Gasteiger partial charge on any atom is 0.234 e. The van der Waals surface area contributed by atoms with E-state index >= 15 is 0 Å². The van der Waals surface area contributed by atoms with E-state index in [4.69, 9.17) is 0 Å². The van der Waals surface area contributed by atoms with E-state index in [1.807, 2.05) is 104 Å². The molecule has 0 aromatic heterocycles. The van der Waals surface area contributed by atoms with Crippen LogP contribution in [0.25, 0.3) is 0 Å². The predicted molar refractivity (Wildman–Crippen MR) is 130 cm³/mol. The molecule has 162 valence electrons. The van der Waals surface area contributed by atoms with Crippen molar-refractivity contribution in [1.82, 2.24) is 9.80 Å². The highest BCUT2D eigenvalue weighted by Crippen LogP contribution is 2.28. The minimum absolute atomic E-state index is 0.0676. The summed E-state index contributed by atoms with van der Waals surface area (Å²) in [4.78, 5) is 18.3. The summed E-state index contributed by atoms with van der Waals surface area (Å²) in [6.07, 6.45) is 10.5. The van der Waals surface area contributed by atoms with E-state index in [1.165, 1.54) is 12.8 Å². The van der Waals surface area contributed by atoms with Crippen molar-refractivity contribution < 1.29 is 4.79 Å². The zero-order valence-corrected chi connectivity index (χ0v) is 18.8. The third-order valence-corrected chi connectivity index (χ3v) is 6.00. The average Bonchev–Trinajstić information content (AvgIpc) is 3.32. The van der Waals surface area contributed by atoms with E-state index in [-0.39, 0.29) is 17.9 Å². The number of allylic oxidation sites excluding steroid dienone is 3. The zero-order chi connectivity index (χ0) is 22.1. The number of amides is 1. The number of rotatable bonds is 9. The normalized spacial score (nSPS) is 15.7. The highest BCUT2D eigenvalue weighted by atomic mass is 16.2. The van der Waals surface area contributed by atoms with E-state index in [0.29, 0.717) is 0 Å². The summed E-state index contributed by atoms with van der Waals surface area (Å²) < 4.78 is 0. The summed E-state index contributed by atoms with van der Waals surface area (Å²) >= 11 is 0. The molecule has 3 heteroatoms. The Bertz CT molecular complexity index is 856. The van der Waals surface area contributed by atoms with E-state index in [1.54, 1.807) is 0 Å². The maximum atomic E-state index is 13.9. The van der Waals surface area contributed by atoms with Crippen LogP contribution in [0, 0.1) is 0 Å². The van der Waals surface area contributed by atoms with Crippen LogP contribution < -0.4 is 0 Å². The molecule has 1 aliphatic heterocycles. The quantitative estimate of drug-likeness (QED) is 0.511. The van der Waals surface area contributed by atoms with Crippen molar-refractivity contribution >= 4 is 5.91 Å². The smallest absolute Gasteiger partial charge is 0.234 e. The third-order valence-electron chi connectivity index (χ3n) is 6.00. The Labute approximate surface area is 187 Å². The number of benzene rings is 2. The van der Waals surface area contributed by atoms with E-state index in [9.17, 15) is 4.79 Å². The lowest BCUT2D eigenvalue weighted by Gasteiger charge is -2.34. The summed E-state index contributed by atoms with van der Waals surface area (Å²) in [5, 5.41) is 0. The molecule has 31 heavy (non-hydrogen) atoms. The van der Waals surface area contributed by atoms with Crippen LogP contribution in [-0.2, 0) is 4.79 Å². The predicted octanol–water partition coefficient (Wildman–Crippen LogP) is 5.43. The van der Waals surface area contributed by atoms with Crippen molar-refractivity contribution in [3.05, 3.63) is 108 Å². The van der Waals surface area contributed by atoms with Gasteiger partial charge < -0.3 is 9.80 Å². The van der Waals surface area contributed by atoms with Gasteiger partial charge in [0, 0.05) is 13.6 Å². The van der Waals surface area contributed by atoms with Crippen LogP contribution in [0.4, 0.5) is 0 Å². The first-order chi connectivity index (χ1) is 15.1. The number of likely N-dealkylation sites (N-methyl/N-ethyl adjacent to an activating group) is 1. The number of hydrogen-bond donors (Lipinski definition) is 0. The Kier molecular flexibility index (Phi) is 8.43. The average molecular weight is 415 g/mol. The van der Waals surface area contributed by atoms with Crippen LogP contribution in [0.2, 0.25) is 0 Å². The molecule has 0 aliphatic carbocycles. The Morgan fingerprint density at radius 3 is 2.06 bits per heavy atom. The van der Waals surface area contributed by atoms with Crippen LogP contribution in [0.5, 0.6) is 0 Å². The highest BCUT2D eigenvalue weighted by Gasteiger charge is 2.31. The molecule has 0 saturated carbocycles. The Balaban J connectivity index is 1.91. The molecule has 0 unspecified atom stereocenters. The molecule has 1 heterocycles. The molecule has 2 aromatic carbocycles.